The molecule has 126 valence electrons. The van der Waals surface area contributed by atoms with Crippen molar-refractivity contribution in [3.8, 4) is 5.75 Å². The standard InChI is InChI=1S/C17H18F3NO.ClH/c1-12-3-2-4-13(11-12)16(9-10-21)22-15-7-5-14(6-8-15)17(18,19)20;/h2-8,11,16H,9-10,21H2,1H3;1H. The highest BCUT2D eigenvalue weighted by Crippen LogP contribution is 2.31. The first-order valence-corrected chi connectivity index (χ1v) is 7.00. The fraction of sp³-hybridized carbons (Fsp3) is 0.294. The molecule has 2 nitrogen and oxygen atoms in total. The van der Waals surface area contributed by atoms with Gasteiger partial charge in [-0.3, -0.25) is 0 Å². The third-order valence-electron chi connectivity index (χ3n) is 3.30. The molecule has 2 rings (SSSR count). The molecule has 0 spiro atoms. The molecular formula is C17H19ClF3NO. The van der Waals surface area contributed by atoms with Crippen molar-refractivity contribution >= 4 is 12.4 Å². The molecule has 0 radical (unpaired) electrons. The number of hydrogen-bond acceptors (Lipinski definition) is 2. The van der Waals surface area contributed by atoms with Gasteiger partial charge in [0.2, 0.25) is 0 Å². The van der Waals surface area contributed by atoms with Crippen molar-refractivity contribution in [2.75, 3.05) is 6.54 Å². The van der Waals surface area contributed by atoms with Crippen LogP contribution in [0, 0.1) is 6.92 Å². The molecule has 0 saturated heterocycles. The number of hydrogen-bond donors (Lipinski definition) is 1. The van der Waals surface area contributed by atoms with Crippen LogP contribution in [0.3, 0.4) is 0 Å². The van der Waals surface area contributed by atoms with Crippen LogP contribution < -0.4 is 10.5 Å². The molecule has 1 unspecified atom stereocenters. The Kier molecular flexibility index (Phi) is 6.91. The van der Waals surface area contributed by atoms with Gasteiger partial charge in [0.05, 0.1) is 5.56 Å². The number of rotatable bonds is 5. The maximum absolute atomic E-state index is 12.6. The van der Waals surface area contributed by atoms with Gasteiger partial charge in [-0.05, 0) is 43.3 Å². The van der Waals surface area contributed by atoms with Crippen molar-refractivity contribution in [3.63, 3.8) is 0 Å². The molecule has 0 aliphatic heterocycles. The van der Waals surface area contributed by atoms with Crippen LogP contribution in [-0.4, -0.2) is 6.54 Å². The Morgan fingerprint density at radius 2 is 1.74 bits per heavy atom. The van der Waals surface area contributed by atoms with Crippen molar-refractivity contribution in [2.24, 2.45) is 5.73 Å². The van der Waals surface area contributed by atoms with E-state index in [1.807, 2.05) is 31.2 Å². The van der Waals surface area contributed by atoms with Crippen molar-refractivity contribution in [1.29, 1.82) is 0 Å². The van der Waals surface area contributed by atoms with Crippen LogP contribution in [-0.2, 0) is 6.18 Å². The molecule has 1 atom stereocenters. The summed E-state index contributed by atoms with van der Waals surface area (Å²) in [5.41, 5.74) is 6.98. The molecule has 0 aliphatic rings. The molecule has 23 heavy (non-hydrogen) atoms. The van der Waals surface area contributed by atoms with E-state index < -0.39 is 11.7 Å². The summed E-state index contributed by atoms with van der Waals surface area (Å²) in [6.45, 7) is 2.40. The van der Waals surface area contributed by atoms with Gasteiger partial charge in [0.1, 0.15) is 11.9 Å². The van der Waals surface area contributed by atoms with Crippen LogP contribution in [0.2, 0.25) is 0 Å². The third kappa shape index (κ3) is 5.44. The lowest BCUT2D eigenvalue weighted by molar-refractivity contribution is -0.137. The molecule has 0 amide bonds. The van der Waals surface area contributed by atoms with E-state index in [0.29, 0.717) is 18.7 Å². The van der Waals surface area contributed by atoms with Crippen LogP contribution >= 0.6 is 12.4 Å². The summed E-state index contributed by atoms with van der Waals surface area (Å²) < 4.78 is 43.5. The second-order valence-corrected chi connectivity index (χ2v) is 5.12. The Hall–Kier alpha value is -1.72. The number of benzene rings is 2. The third-order valence-corrected chi connectivity index (χ3v) is 3.30. The molecule has 2 aromatic carbocycles. The summed E-state index contributed by atoms with van der Waals surface area (Å²) in [4.78, 5) is 0. The number of alkyl halides is 3. The first-order valence-electron chi connectivity index (χ1n) is 7.00. The van der Waals surface area contributed by atoms with Crippen molar-refractivity contribution in [3.05, 3.63) is 65.2 Å². The smallest absolute Gasteiger partial charge is 0.416 e. The number of halogens is 4. The van der Waals surface area contributed by atoms with Crippen LogP contribution in [0.1, 0.15) is 29.2 Å². The van der Waals surface area contributed by atoms with E-state index in [1.54, 1.807) is 0 Å². The second kappa shape index (κ2) is 8.22. The zero-order chi connectivity index (χ0) is 16.2. The van der Waals surface area contributed by atoms with E-state index in [9.17, 15) is 13.2 Å². The quantitative estimate of drug-likeness (QED) is 0.836. The monoisotopic (exact) mass is 345 g/mol. The summed E-state index contributed by atoms with van der Waals surface area (Å²) in [6, 6.07) is 12.5. The topological polar surface area (TPSA) is 35.2 Å². The highest BCUT2D eigenvalue weighted by atomic mass is 35.5. The molecule has 0 aromatic heterocycles. The molecule has 6 heteroatoms. The van der Waals surface area contributed by atoms with Gasteiger partial charge >= 0.3 is 6.18 Å². The molecule has 0 heterocycles. The molecule has 0 saturated carbocycles. The largest absolute Gasteiger partial charge is 0.486 e. The Labute approximate surface area is 139 Å². The molecule has 2 aromatic rings. The van der Waals surface area contributed by atoms with Gasteiger partial charge < -0.3 is 10.5 Å². The van der Waals surface area contributed by atoms with Crippen molar-refractivity contribution in [2.45, 2.75) is 25.6 Å². The van der Waals surface area contributed by atoms with E-state index in [2.05, 4.69) is 0 Å². The van der Waals surface area contributed by atoms with Gasteiger partial charge in [-0.25, -0.2) is 0 Å². The van der Waals surface area contributed by atoms with Crippen LogP contribution in [0.15, 0.2) is 48.5 Å². The number of nitrogens with two attached hydrogens (primary N) is 1. The normalized spacial score (nSPS) is 12.4. The van der Waals surface area contributed by atoms with Gasteiger partial charge in [0, 0.05) is 6.42 Å². The van der Waals surface area contributed by atoms with Crippen molar-refractivity contribution < 1.29 is 17.9 Å². The Bertz CT molecular complexity index is 614. The van der Waals surface area contributed by atoms with Gasteiger partial charge in [0.15, 0.2) is 0 Å². The molecule has 0 aliphatic carbocycles. The second-order valence-electron chi connectivity index (χ2n) is 5.12. The van der Waals surface area contributed by atoms with Crippen LogP contribution in [0.25, 0.3) is 0 Å². The maximum Gasteiger partial charge on any atom is 0.416 e. The van der Waals surface area contributed by atoms with E-state index >= 15 is 0 Å². The van der Waals surface area contributed by atoms with Gasteiger partial charge in [-0.2, -0.15) is 13.2 Å². The zero-order valence-electron chi connectivity index (χ0n) is 12.6. The van der Waals surface area contributed by atoms with Crippen LogP contribution in [0.5, 0.6) is 5.75 Å². The van der Waals surface area contributed by atoms with Gasteiger partial charge in [-0.1, -0.05) is 29.8 Å². The van der Waals surface area contributed by atoms with Gasteiger partial charge in [-0.15, -0.1) is 12.4 Å². The van der Waals surface area contributed by atoms with E-state index in [0.717, 1.165) is 23.3 Å². The fourth-order valence-corrected chi connectivity index (χ4v) is 2.20. The lowest BCUT2D eigenvalue weighted by Gasteiger charge is -2.20. The SMILES string of the molecule is Cc1cccc(C(CCN)Oc2ccc(C(F)(F)F)cc2)c1.Cl. The summed E-state index contributed by atoms with van der Waals surface area (Å²) in [7, 11) is 0. The molecule has 0 bridgehead atoms. The average molecular weight is 346 g/mol. The highest BCUT2D eigenvalue weighted by molar-refractivity contribution is 5.85. The Morgan fingerprint density at radius 3 is 2.26 bits per heavy atom. The van der Waals surface area contributed by atoms with Crippen LogP contribution in [0.4, 0.5) is 13.2 Å². The minimum absolute atomic E-state index is 0. The summed E-state index contributed by atoms with van der Waals surface area (Å²) >= 11 is 0. The summed E-state index contributed by atoms with van der Waals surface area (Å²) in [5, 5.41) is 0. The van der Waals surface area contributed by atoms with Gasteiger partial charge in [0.25, 0.3) is 0 Å². The van der Waals surface area contributed by atoms with E-state index in [-0.39, 0.29) is 18.5 Å². The fourth-order valence-electron chi connectivity index (χ4n) is 2.20. The zero-order valence-corrected chi connectivity index (χ0v) is 13.5. The summed E-state index contributed by atoms with van der Waals surface area (Å²) in [6.07, 6.45) is -4.03. The predicted molar refractivity (Wildman–Crippen MR) is 86.9 cm³/mol. The summed E-state index contributed by atoms with van der Waals surface area (Å²) in [5.74, 6) is 0.396. The molecule has 0 fully saturated rings. The molecule has 2 N–H and O–H groups in total. The first kappa shape index (κ1) is 19.3. The van der Waals surface area contributed by atoms with Crippen molar-refractivity contribution in [1.82, 2.24) is 0 Å². The molecular weight excluding hydrogens is 327 g/mol. The minimum atomic E-state index is -4.34. The average Bonchev–Trinajstić information content (AvgIpc) is 2.46. The Balaban J connectivity index is 0.00000264. The lowest BCUT2D eigenvalue weighted by Crippen LogP contribution is -2.13. The Morgan fingerprint density at radius 1 is 1.09 bits per heavy atom. The van der Waals surface area contributed by atoms with E-state index in [4.69, 9.17) is 10.5 Å². The first-order chi connectivity index (χ1) is 10.4. The number of ether oxygens (including phenoxy) is 1. The predicted octanol–water partition coefficient (Wildman–Crippen LogP) is 4.90. The minimum Gasteiger partial charge on any atom is -0.486 e. The lowest BCUT2D eigenvalue weighted by atomic mass is 10.0. The van der Waals surface area contributed by atoms with E-state index in [1.165, 1.54) is 12.1 Å². The maximum atomic E-state index is 12.6. The number of aryl methyl sites for hydroxylation is 1. The highest BCUT2D eigenvalue weighted by Gasteiger charge is 2.30.